The summed E-state index contributed by atoms with van der Waals surface area (Å²) < 4.78 is 10.8. The van der Waals surface area contributed by atoms with Crippen LogP contribution >= 0.6 is 23.2 Å². The van der Waals surface area contributed by atoms with Gasteiger partial charge in [-0.05, 0) is 74.3 Å². The lowest BCUT2D eigenvalue weighted by molar-refractivity contribution is -0.111. The Balaban J connectivity index is 1.41. The third kappa shape index (κ3) is 6.21. The van der Waals surface area contributed by atoms with Crippen LogP contribution < -0.4 is 35.9 Å². The largest absolute Gasteiger partial charge is 0.495 e. The number of aromatic nitrogens is 1. The summed E-state index contributed by atoms with van der Waals surface area (Å²) in [5, 5.41) is 12.4. The smallest absolute Gasteiger partial charge is 0.247 e. The van der Waals surface area contributed by atoms with Gasteiger partial charge in [-0.25, -0.2) is 0 Å². The number of likely N-dealkylation sites (tertiary alicyclic amines) is 1. The molecule has 1 saturated heterocycles. The zero-order chi connectivity index (χ0) is 29.8. The predicted octanol–water partition coefficient (Wildman–Crippen LogP) is 4.96. The molecule has 0 bridgehead atoms. The SMILES string of the molecule is C=CC(=O)Nc1cc(C2CCN(CC)CC2)ccc1NC1C=c2cnc(-c3c(Cl)c(OC)cc(OC)c3Cl)cc2=CN1. The standard InChI is InChI=1S/C32H35Cl2N5O3/c1-5-29(40)38-24-13-20(19-9-11-39(6-2)12-10-19)7-8-23(24)37-28-15-22-17-35-25(14-21(22)18-36-28)30-31(33)26(41-3)16-27(42-4)32(30)34/h5,7-8,13-19,28,36-37H,1,6,9-12H2,2-4H3,(H,38,40). The average molecular weight is 609 g/mol. The molecular formula is C32H35Cl2N5O3. The minimum atomic E-state index is -0.253. The number of amides is 1. The number of anilines is 2. The summed E-state index contributed by atoms with van der Waals surface area (Å²) in [4.78, 5) is 19.4. The molecule has 220 valence electrons. The number of piperidine rings is 1. The molecule has 1 atom stereocenters. The van der Waals surface area contributed by atoms with E-state index in [0.717, 1.165) is 54.3 Å². The number of halogens is 2. The molecule has 42 heavy (non-hydrogen) atoms. The maximum atomic E-state index is 12.3. The van der Waals surface area contributed by atoms with Crippen LogP contribution in [0.1, 0.15) is 31.2 Å². The van der Waals surface area contributed by atoms with Gasteiger partial charge in [0.25, 0.3) is 0 Å². The minimum Gasteiger partial charge on any atom is -0.495 e. The van der Waals surface area contributed by atoms with Gasteiger partial charge >= 0.3 is 0 Å². The van der Waals surface area contributed by atoms with Crippen molar-refractivity contribution in [3.8, 4) is 22.8 Å². The van der Waals surface area contributed by atoms with Gasteiger partial charge in [0.2, 0.25) is 5.91 Å². The van der Waals surface area contributed by atoms with E-state index in [1.54, 1.807) is 12.3 Å². The van der Waals surface area contributed by atoms with Crippen molar-refractivity contribution in [3.63, 3.8) is 0 Å². The molecule has 0 spiro atoms. The van der Waals surface area contributed by atoms with Crippen LogP contribution in [-0.4, -0.2) is 55.8 Å². The lowest BCUT2D eigenvalue weighted by Gasteiger charge is -2.31. The fourth-order valence-corrected chi connectivity index (χ4v) is 6.16. The number of hydrogen-bond donors (Lipinski definition) is 3. The second kappa shape index (κ2) is 13.1. The molecule has 1 unspecified atom stereocenters. The Labute approximate surface area is 256 Å². The van der Waals surface area contributed by atoms with E-state index < -0.39 is 0 Å². The minimum absolute atomic E-state index is 0.243. The molecule has 1 amide bonds. The Hall–Kier alpha value is -3.72. The molecule has 0 aliphatic carbocycles. The van der Waals surface area contributed by atoms with Gasteiger partial charge in [0.15, 0.2) is 0 Å². The number of methoxy groups -OCH3 is 2. The van der Waals surface area contributed by atoms with E-state index in [2.05, 4.69) is 51.5 Å². The van der Waals surface area contributed by atoms with Gasteiger partial charge in [-0.3, -0.25) is 9.78 Å². The number of carbonyl (C=O) groups is 1. The molecule has 3 N–H and O–H groups in total. The highest BCUT2D eigenvalue weighted by Crippen LogP contribution is 2.45. The second-order valence-corrected chi connectivity index (χ2v) is 11.0. The van der Waals surface area contributed by atoms with Gasteiger partial charge in [0, 0.05) is 34.5 Å². The number of carbonyl (C=O) groups excluding carboxylic acids is 1. The molecule has 2 aromatic carbocycles. The Morgan fingerprint density at radius 2 is 1.81 bits per heavy atom. The molecule has 0 radical (unpaired) electrons. The first-order valence-corrected chi connectivity index (χ1v) is 14.7. The molecule has 10 heteroatoms. The number of nitrogens with zero attached hydrogens (tertiary/aromatic N) is 2. The lowest BCUT2D eigenvalue weighted by Crippen LogP contribution is -2.42. The molecule has 2 aliphatic heterocycles. The van der Waals surface area contributed by atoms with Crippen molar-refractivity contribution in [3.05, 3.63) is 75.2 Å². The normalized spacial score (nSPS) is 16.7. The highest BCUT2D eigenvalue weighted by molar-refractivity contribution is 6.41. The van der Waals surface area contributed by atoms with Crippen LogP contribution in [0.15, 0.2) is 49.2 Å². The summed E-state index contributed by atoms with van der Waals surface area (Å²) in [6.07, 6.45) is 8.98. The number of pyridine rings is 1. The zero-order valence-electron chi connectivity index (χ0n) is 24.0. The Morgan fingerprint density at radius 1 is 1.10 bits per heavy atom. The molecule has 8 nitrogen and oxygen atoms in total. The number of benzene rings is 2. The summed E-state index contributed by atoms with van der Waals surface area (Å²) in [5.41, 5.74) is 3.89. The summed E-state index contributed by atoms with van der Waals surface area (Å²) in [7, 11) is 3.08. The number of ether oxygens (including phenoxy) is 2. The molecule has 1 aromatic heterocycles. The third-order valence-corrected chi connectivity index (χ3v) is 8.62. The topological polar surface area (TPSA) is 87.8 Å². The maximum absolute atomic E-state index is 12.3. The molecular weight excluding hydrogens is 573 g/mol. The van der Waals surface area contributed by atoms with E-state index in [1.165, 1.54) is 25.9 Å². The molecule has 2 aliphatic rings. The van der Waals surface area contributed by atoms with Crippen molar-refractivity contribution >= 4 is 52.8 Å². The van der Waals surface area contributed by atoms with Gasteiger partial charge in [0.05, 0.1) is 41.3 Å². The summed E-state index contributed by atoms with van der Waals surface area (Å²) in [5.74, 6) is 1.11. The average Bonchev–Trinajstić information content (AvgIpc) is 3.02. The van der Waals surface area contributed by atoms with E-state index in [0.29, 0.717) is 38.7 Å². The monoisotopic (exact) mass is 607 g/mol. The third-order valence-electron chi connectivity index (χ3n) is 7.87. The van der Waals surface area contributed by atoms with Crippen molar-refractivity contribution in [1.82, 2.24) is 15.2 Å². The molecule has 3 aromatic rings. The van der Waals surface area contributed by atoms with E-state index in [4.69, 9.17) is 32.7 Å². The second-order valence-electron chi connectivity index (χ2n) is 10.3. The molecule has 3 heterocycles. The molecule has 0 saturated carbocycles. The Kier molecular flexibility index (Phi) is 9.26. The highest BCUT2D eigenvalue weighted by Gasteiger charge is 2.22. The van der Waals surface area contributed by atoms with Crippen molar-refractivity contribution in [2.75, 3.05) is 44.5 Å². The first-order valence-electron chi connectivity index (χ1n) is 14.0. The van der Waals surface area contributed by atoms with Crippen molar-refractivity contribution in [2.24, 2.45) is 0 Å². The Bertz CT molecular complexity index is 1590. The van der Waals surface area contributed by atoms with Gasteiger partial charge < -0.3 is 30.3 Å². The van der Waals surface area contributed by atoms with E-state index in [1.807, 2.05) is 24.4 Å². The van der Waals surface area contributed by atoms with Crippen LogP contribution in [0.4, 0.5) is 11.4 Å². The van der Waals surface area contributed by atoms with Crippen LogP contribution in [0.2, 0.25) is 10.0 Å². The van der Waals surface area contributed by atoms with Gasteiger partial charge in [-0.15, -0.1) is 0 Å². The summed E-state index contributed by atoms with van der Waals surface area (Å²) in [6, 6.07) is 9.84. The van der Waals surface area contributed by atoms with Crippen LogP contribution in [0.5, 0.6) is 11.5 Å². The molecule has 1 fully saturated rings. The number of fused-ring (bicyclic) bond motifs is 1. The zero-order valence-corrected chi connectivity index (χ0v) is 25.5. The van der Waals surface area contributed by atoms with Crippen LogP contribution in [0.3, 0.4) is 0 Å². The summed E-state index contributed by atoms with van der Waals surface area (Å²) in [6.45, 7) is 9.08. The van der Waals surface area contributed by atoms with Crippen molar-refractivity contribution < 1.29 is 14.3 Å². The number of nitrogens with one attached hydrogen (secondary N) is 3. The van der Waals surface area contributed by atoms with E-state index in [9.17, 15) is 4.79 Å². The van der Waals surface area contributed by atoms with Crippen molar-refractivity contribution in [2.45, 2.75) is 31.8 Å². The summed E-state index contributed by atoms with van der Waals surface area (Å²) >= 11 is 13.2. The Morgan fingerprint density at radius 3 is 2.45 bits per heavy atom. The quantitative estimate of drug-likeness (QED) is 0.296. The number of hydrogen-bond acceptors (Lipinski definition) is 7. The van der Waals surface area contributed by atoms with Crippen LogP contribution in [0.25, 0.3) is 23.5 Å². The maximum Gasteiger partial charge on any atom is 0.247 e. The number of rotatable bonds is 9. The van der Waals surface area contributed by atoms with Crippen LogP contribution in [0, 0.1) is 0 Å². The van der Waals surface area contributed by atoms with Gasteiger partial charge in [-0.1, -0.05) is 42.8 Å². The fraction of sp³-hybridized carbons (Fsp3) is 0.312. The first-order chi connectivity index (χ1) is 20.3. The first kappa shape index (κ1) is 29.8. The van der Waals surface area contributed by atoms with Gasteiger partial charge in [-0.2, -0.15) is 0 Å². The van der Waals surface area contributed by atoms with Crippen LogP contribution in [-0.2, 0) is 4.79 Å². The van der Waals surface area contributed by atoms with Gasteiger partial charge in [0.1, 0.15) is 17.7 Å². The van der Waals surface area contributed by atoms with E-state index >= 15 is 0 Å². The highest BCUT2D eigenvalue weighted by atomic mass is 35.5. The lowest BCUT2D eigenvalue weighted by atomic mass is 9.89. The predicted molar refractivity (Wildman–Crippen MR) is 171 cm³/mol. The van der Waals surface area contributed by atoms with E-state index in [-0.39, 0.29) is 12.1 Å². The molecule has 5 rings (SSSR count). The van der Waals surface area contributed by atoms with Crippen molar-refractivity contribution in [1.29, 1.82) is 0 Å². The fourth-order valence-electron chi connectivity index (χ4n) is 5.46.